The second-order valence-electron chi connectivity index (χ2n) is 6.88. The third-order valence-corrected chi connectivity index (χ3v) is 3.76. The minimum atomic E-state index is -0.484. The Bertz CT molecular complexity index is 578. The molecule has 2 rings (SSSR count). The van der Waals surface area contributed by atoms with Gasteiger partial charge in [-0.05, 0) is 52.0 Å². The molecule has 0 aliphatic carbocycles. The van der Waals surface area contributed by atoms with Gasteiger partial charge in [0.25, 0.3) is 0 Å². The summed E-state index contributed by atoms with van der Waals surface area (Å²) >= 11 is 0. The molecular weight excluding hydrogens is 294 g/mol. The van der Waals surface area contributed by atoms with E-state index in [2.05, 4.69) is 11.8 Å². The van der Waals surface area contributed by atoms with E-state index < -0.39 is 11.5 Å². The molecule has 0 unspecified atom stereocenters. The Hall–Kier alpha value is -2.24. The number of nitrogens with two attached hydrogens (primary N) is 1. The van der Waals surface area contributed by atoms with E-state index in [-0.39, 0.29) is 12.1 Å². The highest BCUT2D eigenvalue weighted by Crippen LogP contribution is 2.22. The zero-order valence-corrected chi connectivity index (χ0v) is 14.2. The lowest BCUT2D eigenvalue weighted by atomic mass is 10.1. The van der Waals surface area contributed by atoms with Gasteiger partial charge >= 0.3 is 6.09 Å². The van der Waals surface area contributed by atoms with Crippen molar-refractivity contribution < 1.29 is 14.3 Å². The third kappa shape index (κ3) is 4.37. The smallest absolute Gasteiger partial charge is 0.410 e. The number of ether oxygens (including phenoxy) is 1. The first-order chi connectivity index (χ1) is 10.7. The van der Waals surface area contributed by atoms with E-state index in [0.29, 0.717) is 18.7 Å². The normalized spacial score (nSPS) is 18.7. The van der Waals surface area contributed by atoms with E-state index in [1.165, 1.54) is 0 Å². The number of carbonyl (C=O) groups is 2. The summed E-state index contributed by atoms with van der Waals surface area (Å²) in [5.74, 6) is -0.431. The molecule has 126 valence electrons. The van der Waals surface area contributed by atoms with Gasteiger partial charge in [0.1, 0.15) is 5.60 Å². The molecule has 1 aliphatic heterocycles. The predicted molar refractivity (Wildman–Crippen MR) is 89.6 cm³/mol. The summed E-state index contributed by atoms with van der Waals surface area (Å²) in [6.07, 6.45) is -0.270. The molecule has 1 heterocycles. The molecule has 0 radical (unpaired) electrons. The van der Waals surface area contributed by atoms with E-state index in [0.717, 1.165) is 12.2 Å². The Labute approximate surface area is 137 Å². The highest BCUT2D eigenvalue weighted by molar-refractivity contribution is 5.93. The maximum atomic E-state index is 12.2. The number of benzene rings is 1. The Kier molecular flexibility index (Phi) is 4.82. The Morgan fingerprint density at radius 3 is 2.26 bits per heavy atom. The first-order valence-electron chi connectivity index (χ1n) is 7.82. The van der Waals surface area contributed by atoms with Gasteiger partial charge in [-0.3, -0.25) is 4.79 Å². The molecule has 1 saturated heterocycles. The first kappa shape index (κ1) is 17.1. The maximum absolute atomic E-state index is 12.2. The second-order valence-corrected chi connectivity index (χ2v) is 6.88. The molecule has 23 heavy (non-hydrogen) atoms. The summed E-state index contributed by atoms with van der Waals surface area (Å²) in [7, 11) is 0. The molecule has 1 atom stereocenters. The van der Waals surface area contributed by atoms with Crippen LogP contribution in [0.2, 0.25) is 0 Å². The van der Waals surface area contributed by atoms with Crippen molar-refractivity contribution in [3.63, 3.8) is 0 Å². The number of piperazine rings is 1. The van der Waals surface area contributed by atoms with Crippen LogP contribution in [0.3, 0.4) is 0 Å². The van der Waals surface area contributed by atoms with Crippen LogP contribution in [0.15, 0.2) is 24.3 Å². The molecule has 1 aromatic carbocycles. The van der Waals surface area contributed by atoms with E-state index in [4.69, 9.17) is 10.5 Å². The van der Waals surface area contributed by atoms with Crippen molar-refractivity contribution in [1.82, 2.24) is 4.90 Å². The number of rotatable bonds is 2. The molecule has 0 aromatic heterocycles. The number of carbonyl (C=O) groups excluding carboxylic acids is 2. The quantitative estimate of drug-likeness (QED) is 0.907. The highest BCUT2D eigenvalue weighted by atomic mass is 16.6. The van der Waals surface area contributed by atoms with Crippen LogP contribution in [-0.4, -0.2) is 48.2 Å². The molecule has 1 fully saturated rings. The standard InChI is InChI=1S/C17H25N3O3/c1-12-11-19(16(22)23-17(2,3)4)9-10-20(12)14-7-5-13(6-8-14)15(18)21/h5-8,12H,9-11H2,1-4H3,(H2,18,21)/t12-/m1/s1. The lowest BCUT2D eigenvalue weighted by molar-refractivity contribution is 0.0218. The molecular formula is C17H25N3O3. The molecule has 6 heteroatoms. The molecule has 1 aliphatic rings. The molecule has 0 spiro atoms. The Morgan fingerprint density at radius 1 is 1.17 bits per heavy atom. The van der Waals surface area contributed by atoms with Gasteiger partial charge in [-0.15, -0.1) is 0 Å². The van der Waals surface area contributed by atoms with Crippen molar-refractivity contribution in [3.05, 3.63) is 29.8 Å². The maximum Gasteiger partial charge on any atom is 0.410 e. The van der Waals surface area contributed by atoms with Gasteiger partial charge in [0.05, 0.1) is 0 Å². The number of hydrogen-bond donors (Lipinski definition) is 1. The fourth-order valence-corrected chi connectivity index (χ4v) is 2.65. The van der Waals surface area contributed by atoms with Crippen LogP contribution in [0.1, 0.15) is 38.1 Å². The first-order valence-corrected chi connectivity index (χ1v) is 7.82. The van der Waals surface area contributed by atoms with E-state index in [1.807, 2.05) is 32.9 Å². The topological polar surface area (TPSA) is 75.9 Å². The molecule has 1 aromatic rings. The fraction of sp³-hybridized carbons (Fsp3) is 0.529. The summed E-state index contributed by atoms with van der Waals surface area (Å²) in [6, 6.07) is 7.39. The zero-order valence-electron chi connectivity index (χ0n) is 14.2. The van der Waals surface area contributed by atoms with Gasteiger partial charge in [0.2, 0.25) is 5.91 Å². The number of anilines is 1. The van der Waals surface area contributed by atoms with Crippen molar-refractivity contribution in [2.75, 3.05) is 24.5 Å². The lowest BCUT2D eigenvalue weighted by Crippen LogP contribution is -2.54. The summed E-state index contributed by atoms with van der Waals surface area (Å²) in [5.41, 5.74) is 6.29. The van der Waals surface area contributed by atoms with Crippen LogP contribution in [0, 0.1) is 0 Å². The predicted octanol–water partition coefficient (Wildman–Crippen LogP) is 2.23. The van der Waals surface area contributed by atoms with Crippen molar-refractivity contribution in [2.45, 2.75) is 39.3 Å². The summed E-state index contributed by atoms with van der Waals surface area (Å²) in [5, 5.41) is 0. The molecule has 0 bridgehead atoms. The number of hydrogen-bond acceptors (Lipinski definition) is 4. The third-order valence-electron chi connectivity index (χ3n) is 3.76. The number of amides is 2. The van der Waals surface area contributed by atoms with E-state index in [9.17, 15) is 9.59 Å². The van der Waals surface area contributed by atoms with Gasteiger partial charge in [-0.1, -0.05) is 0 Å². The Balaban J connectivity index is 2.01. The van der Waals surface area contributed by atoms with Crippen LogP contribution in [0.4, 0.5) is 10.5 Å². The van der Waals surface area contributed by atoms with Gasteiger partial charge in [0.15, 0.2) is 0 Å². The van der Waals surface area contributed by atoms with E-state index in [1.54, 1.807) is 17.0 Å². The van der Waals surface area contributed by atoms with Crippen molar-refractivity contribution in [3.8, 4) is 0 Å². The number of nitrogens with zero attached hydrogens (tertiary/aromatic N) is 2. The van der Waals surface area contributed by atoms with Gasteiger partial charge < -0.3 is 20.3 Å². The van der Waals surface area contributed by atoms with Crippen LogP contribution < -0.4 is 10.6 Å². The fourth-order valence-electron chi connectivity index (χ4n) is 2.65. The van der Waals surface area contributed by atoms with Crippen molar-refractivity contribution in [2.24, 2.45) is 5.73 Å². The van der Waals surface area contributed by atoms with Crippen LogP contribution in [-0.2, 0) is 4.74 Å². The highest BCUT2D eigenvalue weighted by Gasteiger charge is 2.29. The van der Waals surface area contributed by atoms with Crippen LogP contribution >= 0.6 is 0 Å². The van der Waals surface area contributed by atoms with Gasteiger partial charge in [0, 0.05) is 36.9 Å². The lowest BCUT2D eigenvalue weighted by Gasteiger charge is -2.41. The summed E-state index contributed by atoms with van der Waals surface area (Å²) < 4.78 is 5.43. The average Bonchev–Trinajstić information content (AvgIpc) is 2.45. The monoisotopic (exact) mass is 319 g/mol. The van der Waals surface area contributed by atoms with E-state index >= 15 is 0 Å². The summed E-state index contributed by atoms with van der Waals surface area (Å²) in [6.45, 7) is 9.60. The van der Waals surface area contributed by atoms with Crippen LogP contribution in [0.25, 0.3) is 0 Å². The second kappa shape index (κ2) is 6.48. The SMILES string of the molecule is C[C@@H]1CN(C(=O)OC(C)(C)C)CCN1c1ccc(C(N)=O)cc1. The molecule has 2 amide bonds. The average molecular weight is 319 g/mol. The number of primary amides is 1. The van der Waals surface area contributed by atoms with Gasteiger partial charge in [-0.2, -0.15) is 0 Å². The molecule has 6 nitrogen and oxygen atoms in total. The van der Waals surface area contributed by atoms with Crippen molar-refractivity contribution in [1.29, 1.82) is 0 Å². The largest absolute Gasteiger partial charge is 0.444 e. The molecule has 0 saturated carbocycles. The molecule has 2 N–H and O–H groups in total. The minimum Gasteiger partial charge on any atom is -0.444 e. The Morgan fingerprint density at radius 2 is 1.78 bits per heavy atom. The zero-order chi connectivity index (χ0) is 17.2. The van der Waals surface area contributed by atoms with Crippen molar-refractivity contribution >= 4 is 17.7 Å². The van der Waals surface area contributed by atoms with Gasteiger partial charge in [-0.25, -0.2) is 4.79 Å². The summed E-state index contributed by atoms with van der Waals surface area (Å²) in [4.78, 5) is 27.2. The van der Waals surface area contributed by atoms with Crippen LogP contribution in [0.5, 0.6) is 0 Å². The minimum absolute atomic E-state index is 0.163.